The number of benzene rings is 1. The summed E-state index contributed by atoms with van der Waals surface area (Å²) in [7, 11) is -3.85. The molecule has 206 valence electrons. The number of aliphatic hydroxyl groups is 1. The zero-order valence-corrected chi connectivity index (χ0v) is 23.1. The van der Waals surface area contributed by atoms with Crippen molar-refractivity contribution in [1.82, 2.24) is 20.1 Å². The fourth-order valence-electron chi connectivity index (χ4n) is 5.04. The van der Waals surface area contributed by atoms with Gasteiger partial charge in [0.05, 0.1) is 41.1 Å². The van der Waals surface area contributed by atoms with Gasteiger partial charge in [-0.3, -0.25) is 9.67 Å². The van der Waals surface area contributed by atoms with Gasteiger partial charge in [0.1, 0.15) is 17.0 Å². The minimum absolute atomic E-state index is 0.0183. The molecule has 2 atom stereocenters. The lowest BCUT2D eigenvalue weighted by Gasteiger charge is -2.42. The van der Waals surface area contributed by atoms with Gasteiger partial charge in [0.15, 0.2) is 0 Å². The van der Waals surface area contributed by atoms with Gasteiger partial charge < -0.3 is 20.1 Å². The number of hydrogen-bond donors (Lipinski definition) is 2. The summed E-state index contributed by atoms with van der Waals surface area (Å²) in [5.41, 5.74) is 0.516. The fourth-order valence-corrected chi connectivity index (χ4v) is 6.80. The van der Waals surface area contributed by atoms with Gasteiger partial charge in [-0.2, -0.15) is 10.4 Å². The number of nitrogens with zero attached hydrogens (tertiary/aromatic N) is 5. The van der Waals surface area contributed by atoms with E-state index in [1.807, 2.05) is 11.0 Å². The predicted octanol–water partition coefficient (Wildman–Crippen LogP) is 2.05. The normalized spacial score (nSPS) is 20.9. The lowest BCUT2D eigenvalue weighted by Crippen LogP contribution is -2.55. The fraction of sp³-hybridized carbons (Fsp3) is 0.345. The number of hydrogen-bond acceptors (Lipinski definition) is 9. The lowest BCUT2D eigenvalue weighted by atomic mass is 9.89. The van der Waals surface area contributed by atoms with Crippen LogP contribution in [-0.2, 0) is 26.7 Å². The molecule has 0 radical (unpaired) electrons. The first-order valence-electron chi connectivity index (χ1n) is 12.8. The highest BCUT2D eigenvalue weighted by Crippen LogP contribution is 2.41. The quantitative estimate of drug-likeness (QED) is 0.418. The summed E-state index contributed by atoms with van der Waals surface area (Å²) in [6, 6.07) is 10.3. The standard InChI is InChI=1S/C29H30N6O4S/c1-4-21-6-5-7-23(14-21)40(37,38)27-18-32-12-13-34(27)26-9-11-31-17-24(26)29(39-20-28(2,3)36)10-8-25-22(15-30)16-33-35(25)19-29/h1,5-11,14,16-17,27,32,36H,12-13,18-20H2,2-3H3. The third-order valence-electron chi connectivity index (χ3n) is 7.03. The number of terminal acetylenes is 1. The summed E-state index contributed by atoms with van der Waals surface area (Å²) < 4.78 is 36.1. The van der Waals surface area contributed by atoms with Crippen LogP contribution in [0.2, 0.25) is 0 Å². The van der Waals surface area contributed by atoms with Crippen LogP contribution in [0.5, 0.6) is 0 Å². The Bertz CT molecular complexity index is 1640. The van der Waals surface area contributed by atoms with E-state index in [2.05, 4.69) is 27.4 Å². The zero-order valence-electron chi connectivity index (χ0n) is 22.3. The van der Waals surface area contributed by atoms with Crippen LogP contribution in [0.1, 0.15) is 36.2 Å². The Morgan fingerprint density at radius 3 is 2.90 bits per heavy atom. The highest BCUT2D eigenvalue weighted by Gasteiger charge is 2.42. The number of ether oxygens (including phenoxy) is 1. The Balaban J connectivity index is 1.62. The van der Waals surface area contributed by atoms with Crippen molar-refractivity contribution in [2.45, 2.75) is 41.9 Å². The predicted molar refractivity (Wildman–Crippen MR) is 150 cm³/mol. The molecule has 2 aromatic heterocycles. The molecule has 2 aliphatic heterocycles. The average Bonchev–Trinajstić information content (AvgIpc) is 3.38. The van der Waals surface area contributed by atoms with Gasteiger partial charge in [0.2, 0.25) is 9.84 Å². The molecule has 2 aliphatic rings. The minimum Gasteiger partial charge on any atom is -0.388 e. The average molecular weight is 559 g/mol. The molecule has 40 heavy (non-hydrogen) atoms. The van der Waals surface area contributed by atoms with Crippen LogP contribution in [-0.4, -0.2) is 65.5 Å². The van der Waals surface area contributed by atoms with E-state index < -0.39 is 26.4 Å². The van der Waals surface area contributed by atoms with Gasteiger partial charge in [-0.05, 0) is 50.3 Å². The van der Waals surface area contributed by atoms with Crippen LogP contribution in [0.15, 0.2) is 59.9 Å². The molecule has 2 unspecified atom stereocenters. The van der Waals surface area contributed by atoms with Crippen LogP contribution in [0.25, 0.3) is 6.08 Å². The SMILES string of the molecule is C#Cc1cccc(S(=O)(=O)C2CNCCN2c2ccncc2C2(OCC(C)(C)O)C=Cc3c(C#N)cnn3C2)c1. The third kappa shape index (κ3) is 5.12. The maximum Gasteiger partial charge on any atom is 0.200 e. The molecular weight excluding hydrogens is 528 g/mol. The first-order valence-corrected chi connectivity index (χ1v) is 14.4. The molecule has 3 aromatic rings. The highest BCUT2D eigenvalue weighted by atomic mass is 32.2. The van der Waals surface area contributed by atoms with E-state index in [4.69, 9.17) is 11.2 Å². The first-order chi connectivity index (χ1) is 19.1. The molecular formula is C29H30N6O4S. The number of piperazine rings is 1. The van der Waals surface area contributed by atoms with E-state index in [1.165, 1.54) is 12.3 Å². The molecule has 1 saturated heterocycles. The summed E-state index contributed by atoms with van der Waals surface area (Å²) in [5, 5.41) is 26.7. The first kappa shape index (κ1) is 27.6. The number of anilines is 1. The Kier molecular flexibility index (Phi) is 7.25. The molecule has 5 rings (SSSR count). The Hall–Kier alpha value is -4.00. The maximum atomic E-state index is 14.0. The van der Waals surface area contributed by atoms with Gasteiger partial charge in [0, 0.05) is 48.8 Å². The van der Waals surface area contributed by atoms with Gasteiger partial charge >= 0.3 is 0 Å². The van der Waals surface area contributed by atoms with E-state index in [0.29, 0.717) is 41.2 Å². The Morgan fingerprint density at radius 1 is 1.32 bits per heavy atom. The van der Waals surface area contributed by atoms with Gasteiger partial charge in [-0.25, -0.2) is 8.42 Å². The summed E-state index contributed by atoms with van der Waals surface area (Å²) in [5.74, 6) is 2.51. The number of nitriles is 1. The van der Waals surface area contributed by atoms with E-state index in [9.17, 15) is 18.8 Å². The van der Waals surface area contributed by atoms with E-state index in [0.717, 1.165) is 0 Å². The second-order valence-electron chi connectivity index (χ2n) is 10.5. The van der Waals surface area contributed by atoms with Gasteiger partial charge in [-0.15, -0.1) is 6.42 Å². The van der Waals surface area contributed by atoms with Gasteiger partial charge in [-0.1, -0.05) is 12.0 Å². The monoisotopic (exact) mass is 558 g/mol. The molecule has 11 heteroatoms. The van der Waals surface area contributed by atoms with E-state index in [-0.39, 0.29) is 24.6 Å². The van der Waals surface area contributed by atoms with Crippen molar-refractivity contribution in [1.29, 1.82) is 5.26 Å². The molecule has 10 nitrogen and oxygen atoms in total. The van der Waals surface area contributed by atoms with Crippen molar-refractivity contribution in [2.24, 2.45) is 0 Å². The van der Waals surface area contributed by atoms with Gasteiger partial charge in [0.25, 0.3) is 0 Å². The van der Waals surface area contributed by atoms with Crippen molar-refractivity contribution in [3.63, 3.8) is 0 Å². The molecule has 0 bridgehead atoms. The second kappa shape index (κ2) is 10.5. The largest absolute Gasteiger partial charge is 0.388 e. The molecule has 0 saturated carbocycles. The lowest BCUT2D eigenvalue weighted by molar-refractivity contribution is -0.0970. The Labute approximate surface area is 233 Å². The minimum atomic E-state index is -3.85. The molecule has 1 aromatic carbocycles. The van der Waals surface area contributed by atoms with Crippen molar-refractivity contribution < 1.29 is 18.3 Å². The van der Waals surface area contributed by atoms with Crippen molar-refractivity contribution in [3.8, 4) is 18.4 Å². The number of fused-ring (bicyclic) bond motifs is 1. The molecule has 0 spiro atoms. The molecule has 0 amide bonds. The molecule has 4 heterocycles. The topological polar surface area (TPSA) is 133 Å². The van der Waals surface area contributed by atoms with Crippen LogP contribution in [0.4, 0.5) is 5.69 Å². The summed E-state index contributed by atoms with van der Waals surface area (Å²) in [6.45, 7) is 4.65. The molecule has 2 N–H and O–H groups in total. The van der Waals surface area contributed by atoms with Crippen LogP contribution < -0.4 is 10.2 Å². The van der Waals surface area contributed by atoms with E-state index >= 15 is 0 Å². The van der Waals surface area contributed by atoms with Crippen molar-refractivity contribution in [3.05, 3.63) is 77.4 Å². The van der Waals surface area contributed by atoms with Crippen molar-refractivity contribution in [2.75, 3.05) is 31.1 Å². The number of aromatic nitrogens is 3. The van der Waals surface area contributed by atoms with Crippen LogP contribution in [0.3, 0.4) is 0 Å². The smallest absolute Gasteiger partial charge is 0.200 e. The summed E-state index contributed by atoms with van der Waals surface area (Å²) in [6.07, 6.45) is 13.9. The van der Waals surface area contributed by atoms with E-state index in [1.54, 1.807) is 61.3 Å². The molecule has 0 aliphatic carbocycles. The number of rotatable bonds is 7. The number of sulfone groups is 1. The maximum absolute atomic E-state index is 14.0. The molecule has 1 fully saturated rings. The highest BCUT2D eigenvalue weighted by molar-refractivity contribution is 7.92. The Morgan fingerprint density at radius 2 is 2.15 bits per heavy atom. The zero-order chi connectivity index (χ0) is 28.5. The second-order valence-corrected chi connectivity index (χ2v) is 12.6. The third-order valence-corrected chi connectivity index (χ3v) is 9.07. The number of nitrogens with one attached hydrogen (secondary N) is 1. The summed E-state index contributed by atoms with van der Waals surface area (Å²) in [4.78, 5) is 6.38. The van der Waals surface area contributed by atoms with Crippen molar-refractivity contribution >= 4 is 21.6 Å². The number of pyridine rings is 1. The van der Waals surface area contributed by atoms with Crippen LogP contribution in [0, 0.1) is 23.7 Å². The summed E-state index contributed by atoms with van der Waals surface area (Å²) >= 11 is 0. The van der Waals surface area contributed by atoms with Crippen LogP contribution >= 0.6 is 0 Å².